The quantitative estimate of drug-likeness (QED) is 0.873. The van der Waals surface area contributed by atoms with E-state index in [0.717, 1.165) is 43.9 Å². The molecule has 1 aromatic carbocycles. The highest BCUT2D eigenvalue weighted by Gasteiger charge is 2.28. The van der Waals surface area contributed by atoms with Crippen LogP contribution in [0.4, 0.5) is 0 Å². The summed E-state index contributed by atoms with van der Waals surface area (Å²) >= 11 is 5.92. The molecule has 0 bridgehead atoms. The summed E-state index contributed by atoms with van der Waals surface area (Å²) in [6.07, 6.45) is 2.98. The zero-order chi connectivity index (χ0) is 16.9. The van der Waals surface area contributed by atoms with Crippen LogP contribution in [0.1, 0.15) is 31.2 Å². The number of benzene rings is 1. The minimum absolute atomic E-state index is 0.0146. The van der Waals surface area contributed by atoms with E-state index in [1.807, 2.05) is 12.1 Å². The first-order chi connectivity index (χ1) is 11.6. The second kappa shape index (κ2) is 7.99. The van der Waals surface area contributed by atoms with E-state index in [0.29, 0.717) is 13.0 Å². The molecule has 3 rings (SSSR count). The van der Waals surface area contributed by atoms with Gasteiger partial charge in [-0.1, -0.05) is 23.7 Å². The van der Waals surface area contributed by atoms with E-state index in [1.165, 1.54) is 5.56 Å². The summed E-state index contributed by atoms with van der Waals surface area (Å²) < 4.78 is 0. The van der Waals surface area contributed by atoms with Gasteiger partial charge in [0.1, 0.15) is 0 Å². The molecular formula is C18H24ClN3O2. The number of amides is 2. The van der Waals surface area contributed by atoms with Gasteiger partial charge in [-0.3, -0.25) is 14.5 Å². The third-order valence-corrected chi connectivity index (χ3v) is 5.12. The summed E-state index contributed by atoms with van der Waals surface area (Å²) in [7, 11) is 0. The Morgan fingerprint density at radius 3 is 2.58 bits per heavy atom. The molecule has 0 spiro atoms. The largest absolute Gasteiger partial charge is 0.356 e. The van der Waals surface area contributed by atoms with Gasteiger partial charge in [-0.05, 0) is 37.0 Å². The van der Waals surface area contributed by atoms with Gasteiger partial charge in [0.2, 0.25) is 11.8 Å². The lowest BCUT2D eigenvalue weighted by Crippen LogP contribution is -2.48. The van der Waals surface area contributed by atoms with E-state index in [4.69, 9.17) is 11.6 Å². The van der Waals surface area contributed by atoms with Crippen LogP contribution in [-0.2, 0) is 16.1 Å². The monoisotopic (exact) mass is 349 g/mol. The van der Waals surface area contributed by atoms with Crippen LogP contribution in [0.3, 0.4) is 0 Å². The number of nitrogens with zero attached hydrogens (tertiary/aromatic N) is 1. The summed E-state index contributed by atoms with van der Waals surface area (Å²) in [5, 5.41) is 6.67. The number of piperidine rings is 2. The number of halogens is 1. The van der Waals surface area contributed by atoms with Crippen molar-refractivity contribution in [1.82, 2.24) is 15.5 Å². The highest BCUT2D eigenvalue weighted by molar-refractivity contribution is 6.30. The molecule has 5 nitrogen and oxygen atoms in total. The topological polar surface area (TPSA) is 61.4 Å². The molecule has 2 N–H and O–H groups in total. The van der Waals surface area contributed by atoms with Crippen molar-refractivity contribution in [3.63, 3.8) is 0 Å². The predicted molar refractivity (Wildman–Crippen MR) is 93.6 cm³/mol. The third kappa shape index (κ3) is 4.71. The van der Waals surface area contributed by atoms with E-state index < -0.39 is 0 Å². The predicted octanol–water partition coefficient (Wildman–Crippen LogP) is 1.95. The molecule has 0 aliphatic carbocycles. The van der Waals surface area contributed by atoms with Crippen molar-refractivity contribution in [2.45, 2.75) is 38.3 Å². The fourth-order valence-electron chi connectivity index (χ4n) is 3.41. The summed E-state index contributed by atoms with van der Waals surface area (Å²) in [6.45, 7) is 3.47. The first-order valence-corrected chi connectivity index (χ1v) is 9.02. The van der Waals surface area contributed by atoms with Crippen molar-refractivity contribution in [3.8, 4) is 0 Å². The maximum absolute atomic E-state index is 12.3. The molecule has 24 heavy (non-hydrogen) atoms. The van der Waals surface area contributed by atoms with Crippen molar-refractivity contribution in [2.24, 2.45) is 5.92 Å². The normalized spacial score (nSPS) is 22.9. The molecule has 2 aliphatic heterocycles. The van der Waals surface area contributed by atoms with E-state index in [1.54, 1.807) is 0 Å². The zero-order valence-electron chi connectivity index (χ0n) is 13.8. The average Bonchev–Trinajstić information content (AvgIpc) is 2.59. The Balaban J connectivity index is 1.42. The molecule has 1 unspecified atom stereocenters. The molecular weight excluding hydrogens is 326 g/mol. The Morgan fingerprint density at radius 1 is 1.21 bits per heavy atom. The SMILES string of the molecule is O=C1CC(C(=O)NC2CCN(Cc3ccc(Cl)cc3)CC2)CCN1. The minimum Gasteiger partial charge on any atom is -0.356 e. The van der Waals surface area contributed by atoms with Crippen molar-refractivity contribution in [1.29, 1.82) is 0 Å². The number of hydrogen-bond donors (Lipinski definition) is 2. The highest BCUT2D eigenvalue weighted by Crippen LogP contribution is 2.18. The smallest absolute Gasteiger partial charge is 0.223 e. The maximum atomic E-state index is 12.3. The molecule has 0 radical (unpaired) electrons. The second-order valence-corrected chi connectivity index (χ2v) is 7.16. The molecule has 2 heterocycles. The first kappa shape index (κ1) is 17.2. The maximum Gasteiger partial charge on any atom is 0.223 e. The summed E-state index contributed by atoms with van der Waals surface area (Å²) in [5.41, 5.74) is 1.26. The van der Waals surface area contributed by atoms with Gasteiger partial charge in [0.05, 0.1) is 0 Å². The Morgan fingerprint density at radius 2 is 1.92 bits per heavy atom. The molecule has 1 aromatic rings. The Hall–Kier alpha value is -1.59. The summed E-state index contributed by atoms with van der Waals surface area (Å²) in [5.74, 6) is -0.133. The fourth-order valence-corrected chi connectivity index (χ4v) is 3.54. The van der Waals surface area contributed by atoms with Crippen molar-refractivity contribution in [3.05, 3.63) is 34.9 Å². The fraction of sp³-hybridized carbons (Fsp3) is 0.556. The van der Waals surface area contributed by atoms with E-state index in [-0.39, 0.29) is 23.8 Å². The van der Waals surface area contributed by atoms with Crippen LogP contribution in [0.2, 0.25) is 5.02 Å². The molecule has 2 aliphatic rings. The van der Waals surface area contributed by atoms with Gasteiger partial charge >= 0.3 is 0 Å². The molecule has 130 valence electrons. The number of nitrogens with one attached hydrogen (secondary N) is 2. The van der Waals surface area contributed by atoms with Gasteiger partial charge in [0, 0.05) is 49.6 Å². The number of carbonyl (C=O) groups is 2. The lowest BCUT2D eigenvalue weighted by molar-refractivity contribution is -0.133. The third-order valence-electron chi connectivity index (χ3n) is 4.87. The standard InChI is InChI=1S/C18H24ClN3O2/c19-15-3-1-13(2-4-15)12-22-9-6-16(7-10-22)21-18(24)14-5-8-20-17(23)11-14/h1-4,14,16H,5-12H2,(H,20,23)(H,21,24). The molecule has 2 amide bonds. The van der Waals surface area contributed by atoms with Crippen LogP contribution in [0, 0.1) is 5.92 Å². The molecule has 0 aromatic heterocycles. The van der Waals surface area contributed by atoms with E-state index >= 15 is 0 Å². The number of likely N-dealkylation sites (tertiary alicyclic amines) is 1. The first-order valence-electron chi connectivity index (χ1n) is 8.64. The molecule has 6 heteroatoms. The van der Waals surface area contributed by atoms with Crippen LogP contribution in [0.25, 0.3) is 0 Å². The van der Waals surface area contributed by atoms with Gasteiger partial charge in [0.15, 0.2) is 0 Å². The van der Waals surface area contributed by atoms with E-state index in [2.05, 4.69) is 27.7 Å². The van der Waals surface area contributed by atoms with Crippen LogP contribution in [-0.4, -0.2) is 42.4 Å². The number of carbonyl (C=O) groups excluding carboxylic acids is 2. The van der Waals surface area contributed by atoms with Crippen LogP contribution >= 0.6 is 11.6 Å². The Bertz CT molecular complexity index is 582. The van der Waals surface area contributed by atoms with Crippen LogP contribution in [0.15, 0.2) is 24.3 Å². The van der Waals surface area contributed by atoms with Crippen LogP contribution in [0.5, 0.6) is 0 Å². The van der Waals surface area contributed by atoms with Gasteiger partial charge in [-0.15, -0.1) is 0 Å². The number of rotatable bonds is 4. The lowest BCUT2D eigenvalue weighted by atomic mass is 9.95. The Kier molecular flexibility index (Phi) is 5.74. The van der Waals surface area contributed by atoms with E-state index in [9.17, 15) is 9.59 Å². The minimum atomic E-state index is -0.161. The molecule has 0 saturated carbocycles. The lowest BCUT2D eigenvalue weighted by Gasteiger charge is -2.33. The average molecular weight is 350 g/mol. The summed E-state index contributed by atoms with van der Waals surface area (Å²) in [6, 6.07) is 8.19. The van der Waals surface area contributed by atoms with Crippen molar-refractivity contribution < 1.29 is 9.59 Å². The van der Waals surface area contributed by atoms with Gasteiger partial charge < -0.3 is 10.6 Å². The van der Waals surface area contributed by atoms with Crippen LogP contribution < -0.4 is 10.6 Å². The van der Waals surface area contributed by atoms with Gasteiger partial charge in [-0.25, -0.2) is 0 Å². The summed E-state index contributed by atoms with van der Waals surface area (Å²) in [4.78, 5) is 26.1. The second-order valence-electron chi connectivity index (χ2n) is 6.73. The van der Waals surface area contributed by atoms with Crippen molar-refractivity contribution >= 4 is 23.4 Å². The number of hydrogen-bond acceptors (Lipinski definition) is 3. The Labute approximate surface area is 147 Å². The highest BCUT2D eigenvalue weighted by atomic mass is 35.5. The molecule has 2 fully saturated rings. The van der Waals surface area contributed by atoms with Gasteiger partial charge in [-0.2, -0.15) is 0 Å². The van der Waals surface area contributed by atoms with Gasteiger partial charge in [0.25, 0.3) is 0 Å². The molecule has 2 saturated heterocycles. The zero-order valence-corrected chi connectivity index (χ0v) is 14.5. The molecule has 1 atom stereocenters. The van der Waals surface area contributed by atoms with Crippen molar-refractivity contribution in [2.75, 3.05) is 19.6 Å².